The van der Waals surface area contributed by atoms with Gasteiger partial charge in [0.1, 0.15) is 5.75 Å². The van der Waals surface area contributed by atoms with Crippen molar-refractivity contribution in [3.63, 3.8) is 0 Å². The molecular weight excluding hydrogens is 389 g/mol. The Hall–Kier alpha value is -3.07. The first kappa shape index (κ1) is 22.2. The van der Waals surface area contributed by atoms with Crippen LogP contribution in [0.1, 0.15) is 22.8 Å². The lowest BCUT2D eigenvalue weighted by Gasteiger charge is -2.35. The molecule has 156 valence electrons. The molecule has 6 nitrogen and oxygen atoms in total. The van der Waals surface area contributed by atoms with E-state index in [0.29, 0.717) is 11.3 Å². The van der Waals surface area contributed by atoms with Gasteiger partial charge in [-0.1, -0.05) is 30.3 Å². The van der Waals surface area contributed by atoms with E-state index in [9.17, 15) is 22.8 Å². The molecule has 1 amide bonds. The van der Waals surface area contributed by atoms with Crippen LogP contribution in [-0.2, 0) is 16.1 Å². The average molecular weight is 410 g/mol. The maximum absolute atomic E-state index is 14.1. The second kappa shape index (κ2) is 9.42. The highest BCUT2D eigenvalue weighted by Gasteiger charge is 2.63. The zero-order valence-electron chi connectivity index (χ0n) is 15.9. The van der Waals surface area contributed by atoms with Crippen LogP contribution in [0, 0.1) is 0 Å². The molecule has 0 saturated heterocycles. The van der Waals surface area contributed by atoms with Gasteiger partial charge in [-0.05, 0) is 36.8 Å². The van der Waals surface area contributed by atoms with Gasteiger partial charge in [0.05, 0.1) is 13.7 Å². The summed E-state index contributed by atoms with van der Waals surface area (Å²) in [6.07, 6.45) is -5.18. The molecule has 0 heterocycles. The highest BCUT2D eigenvalue weighted by atomic mass is 19.4. The van der Waals surface area contributed by atoms with Crippen LogP contribution in [0.2, 0.25) is 0 Å². The van der Waals surface area contributed by atoms with E-state index in [-0.39, 0.29) is 18.7 Å². The normalized spacial score (nSPS) is 13.3. The van der Waals surface area contributed by atoms with Crippen molar-refractivity contribution >= 4 is 11.9 Å². The number of halogens is 3. The number of esters is 1. The molecule has 0 radical (unpaired) electrons. The van der Waals surface area contributed by atoms with Crippen LogP contribution in [0.3, 0.4) is 0 Å². The molecule has 0 aliphatic rings. The molecule has 0 saturated carbocycles. The maximum atomic E-state index is 14.1. The Morgan fingerprint density at radius 2 is 1.72 bits per heavy atom. The molecule has 1 atom stereocenters. The molecule has 1 unspecified atom stereocenters. The van der Waals surface area contributed by atoms with Gasteiger partial charge in [0.2, 0.25) is 0 Å². The van der Waals surface area contributed by atoms with Gasteiger partial charge in [0.25, 0.3) is 11.6 Å². The first-order valence-corrected chi connectivity index (χ1v) is 8.73. The summed E-state index contributed by atoms with van der Waals surface area (Å²) in [5.74, 6) is -2.29. The van der Waals surface area contributed by atoms with E-state index < -0.39 is 23.7 Å². The fraction of sp³-hybridized carbons (Fsp3) is 0.300. The van der Waals surface area contributed by atoms with Crippen molar-refractivity contribution in [2.24, 2.45) is 0 Å². The minimum Gasteiger partial charge on any atom is -0.497 e. The van der Waals surface area contributed by atoms with Crippen LogP contribution in [-0.4, -0.2) is 37.4 Å². The number of benzene rings is 2. The van der Waals surface area contributed by atoms with Gasteiger partial charge in [0, 0.05) is 12.1 Å². The lowest BCUT2D eigenvalue weighted by atomic mass is 10.1. The largest absolute Gasteiger partial charge is 0.497 e. The Labute approximate surface area is 166 Å². The van der Waals surface area contributed by atoms with Gasteiger partial charge in [-0.3, -0.25) is 10.1 Å². The van der Waals surface area contributed by atoms with Gasteiger partial charge in [0.15, 0.2) is 0 Å². The summed E-state index contributed by atoms with van der Waals surface area (Å²) in [5, 5.41) is 3.93. The highest BCUT2D eigenvalue weighted by Crippen LogP contribution is 2.31. The maximum Gasteiger partial charge on any atom is 0.436 e. The van der Waals surface area contributed by atoms with E-state index in [2.05, 4.69) is 10.1 Å². The van der Waals surface area contributed by atoms with Crippen molar-refractivity contribution in [3.8, 4) is 5.75 Å². The summed E-state index contributed by atoms with van der Waals surface area (Å²) in [6, 6.07) is 13.6. The molecule has 2 rings (SSSR count). The van der Waals surface area contributed by atoms with Gasteiger partial charge in [-0.25, -0.2) is 4.79 Å². The summed E-state index contributed by atoms with van der Waals surface area (Å²) in [5.41, 5.74) is -3.05. The van der Waals surface area contributed by atoms with Gasteiger partial charge in [-0.2, -0.15) is 13.2 Å². The van der Waals surface area contributed by atoms with Gasteiger partial charge >= 0.3 is 12.1 Å². The third-order valence-electron chi connectivity index (χ3n) is 4.04. The smallest absolute Gasteiger partial charge is 0.436 e. The minimum atomic E-state index is -5.18. The van der Waals surface area contributed by atoms with Crippen molar-refractivity contribution in [3.05, 3.63) is 65.7 Å². The Morgan fingerprint density at radius 3 is 2.31 bits per heavy atom. The number of alkyl halides is 3. The lowest BCUT2D eigenvalue weighted by molar-refractivity contribution is -0.219. The van der Waals surface area contributed by atoms with Crippen molar-refractivity contribution in [1.82, 2.24) is 10.6 Å². The fourth-order valence-corrected chi connectivity index (χ4v) is 2.54. The second-order valence-corrected chi connectivity index (χ2v) is 5.99. The fourth-order valence-electron chi connectivity index (χ4n) is 2.54. The number of rotatable bonds is 8. The van der Waals surface area contributed by atoms with Crippen LogP contribution in [0.15, 0.2) is 54.6 Å². The third kappa shape index (κ3) is 5.26. The summed E-state index contributed by atoms with van der Waals surface area (Å²) >= 11 is 0. The molecule has 2 N–H and O–H groups in total. The molecule has 0 aromatic heterocycles. The first-order chi connectivity index (χ1) is 13.7. The molecule has 2 aromatic rings. The third-order valence-corrected chi connectivity index (χ3v) is 4.04. The first-order valence-electron chi connectivity index (χ1n) is 8.73. The number of methoxy groups -OCH3 is 1. The number of ether oxygens (including phenoxy) is 2. The van der Waals surface area contributed by atoms with E-state index >= 15 is 0 Å². The summed E-state index contributed by atoms with van der Waals surface area (Å²) < 4.78 is 51.9. The minimum absolute atomic E-state index is 0.0337. The average Bonchev–Trinajstić information content (AvgIpc) is 2.71. The second-order valence-electron chi connectivity index (χ2n) is 5.99. The Morgan fingerprint density at radius 1 is 1.03 bits per heavy atom. The van der Waals surface area contributed by atoms with E-state index in [1.807, 2.05) is 0 Å². The molecule has 9 heteroatoms. The zero-order chi connectivity index (χ0) is 21.5. The van der Waals surface area contributed by atoms with E-state index in [1.165, 1.54) is 44.4 Å². The monoisotopic (exact) mass is 410 g/mol. The topological polar surface area (TPSA) is 76.7 Å². The van der Waals surface area contributed by atoms with E-state index in [1.54, 1.807) is 29.6 Å². The van der Waals surface area contributed by atoms with E-state index in [0.717, 1.165) is 0 Å². The predicted molar refractivity (Wildman–Crippen MR) is 99.2 cm³/mol. The number of carbonyl (C=O) groups excluding carboxylic acids is 2. The van der Waals surface area contributed by atoms with Gasteiger partial charge in [-0.15, -0.1) is 0 Å². The lowest BCUT2D eigenvalue weighted by Crippen LogP contribution is -2.72. The predicted octanol–water partition coefficient (Wildman–Crippen LogP) is 3.04. The van der Waals surface area contributed by atoms with Crippen molar-refractivity contribution in [1.29, 1.82) is 0 Å². The summed E-state index contributed by atoms with van der Waals surface area (Å²) in [6.45, 7) is 0.698. The molecule has 0 aliphatic heterocycles. The molecule has 2 aromatic carbocycles. The highest BCUT2D eigenvalue weighted by molar-refractivity contribution is 5.98. The van der Waals surface area contributed by atoms with Crippen LogP contribution >= 0.6 is 0 Å². The van der Waals surface area contributed by atoms with Crippen molar-refractivity contribution in [2.45, 2.75) is 25.3 Å². The number of nitrogens with one attached hydrogen (secondary N) is 2. The summed E-state index contributed by atoms with van der Waals surface area (Å²) in [7, 11) is 1.42. The molecule has 0 spiro atoms. The van der Waals surface area contributed by atoms with Crippen LogP contribution in [0.5, 0.6) is 5.75 Å². The Kier molecular flexibility index (Phi) is 7.22. The van der Waals surface area contributed by atoms with Gasteiger partial charge < -0.3 is 14.8 Å². The quantitative estimate of drug-likeness (QED) is 0.517. The molecule has 29 heavy (non-hydrogen) atoms. The van der Waals surface area contributed by atoms with Crippen molar-refractivity contribution < 1.29 is 32.2 Å². The number of carbonyl (C=O) groups is 2. The number of hydrogen-bond donors (Lipinski definition) is 2. The molecular formula is C20H21F3N2O4. The zero-order valence-corrected chi connectivity index (χ0v) is 15.9. The molecule has 0 fully saturated rings. The van der Waals surface area contributed by atoms with E-state index in [4.69, 9.17) is 4.74 Å². The molecule has 0 bridgehead atoms. The molecule has 0 aliphatic carbocycles. The number of amides is 1. The van der Waals surface area contributed by atoms with Crippen LogP contribution < -0.4 is 15.4 Å². The Balaban J connectivity index is 2.39. The van der Waals surface area contributed by atoms with Crippen LogP contribution in [0.25, 0.3) is 0 Å². The standard InChI is InChI=1S/C20H21F3N2O4/c1-3-29-18(27)19(20(21,22)23,25-17(26)15-9-5-4-6-10-15)24-13-14-8-7-11-16(12-14)28-2/h4-12,24H,3,13H2,1-2H3,(H,25,26). The summed E-state index contributed by atoms with van der Waals surface area (Å²) in [4.78, 5) is 24.8. The Bertz CT molecular complexity index is 843. The van der Waals surface area contributed by atoms with Crippen molar-refractivity contribution in [2.75, 3.05) is 13.7 Å². The SMILES string of the molecule is CCOC(=O)C(NCc1cccc(OC)c1)(NC(=O)c1ccccc1)C(F)(F)F. The van der Waals surface area contributed by atoms with Crippen LogP contribution in [0.4, 0.5) is 13.2 Å². The number of hydrogen-bond acceptors (Lipinski definition) is 5.